The number of amides is 3. The molecule has 1 aromatic rings. The number of ether oxygens (including phenoxy) is 1. The van der Waals surface area contributed by atoms with Crippen molar-refractivity contribution < 1.29 is 19.1 Å². The number of carbonyl (C=O) groups excluding carboxylic acids is 3. The normalized spacial score (nSPS) is 9.58. The third kappa shape index (κ3) is 4.66. The molecule has 0 fully saturated rings. The Hall–Kier alpha value is -2.57. The fourth-order valence-electron chi connectivity index (χ4n) is 1.28. The summed E-state index contributed by atoms with van der Waals surface area (Å²) < 4.78 is 4.72. The standard InChI is InChI=1S/C12H15N3O4/c1-15(2)9-5-3-8(4-6-9)11(17)19-7-10(16)14-12(13)18/h3-6H,7H2,1-2H3,(H3,13,14,16,18). The van der Waals surface area contributed by atoms with Gasteiger partial charge in [-0.15, -0.1) is 0 Å². The molecule has 19 heavy (non-hydrogen) atoms. The fraction of sp³-hybridized carbons (Fsp3) is 0.250. The Morgan fingerprint density at radius 1 is 1.21 bits per heavy atom. The van der Waals surface area contributed by atoms with Crippen LogP contribution in [0.15, 0.2) is 24.3 Å². The third-order valence-corrected chi connectivity index (χ3v) is 2.22. The molecule has 1 aromatic carbocycles. The molecule has 0 bridgehead atoms. The number of benzene rings is 1. The van der Waals surface area contributed by atoms with Gasteiger partial charge in [-0.3, -0.25) is 10.1 Å². The van der Waals surface area contributed by atoms with E-state index >= 15 is 0 Å². The van der Waals surface area contributed by atoms with E-state index in [2.05, 4.69) is 0 Å². The molecule has 0 aliphatic rings. The number of primary amides is 1. The van der Waals surface area contributed by atoms with Crippen molar-refractivity contribution in [3.63, 3.8) is 0 Å². The number of nitrogens with one attached hydrogen (secondary N) is 1. The van der Waals surface area contributed by atoms with Crippen LogP contribution in [0.3, 0.4) is 0 Å². The molecule has 0 spiro atoms. The minimum atomic E-state index is -0.989. The maximum absolute atomic E-state index is 11.6. The number of imide groups is 1. The average molecular weight is 265 g/mol. The summed E-state index contributed by atoms with van der Waals surface area (Å²) in [5.74, 6) is -1.42. The first kappa shape index (κ1) is 14.5. The molecule has 0 saturated carbocycles. The van der Waals surface area contributed by atoms with Crippen LogP contribution in [-0.4, -0.2) is 38.6 Å². The number of hydrogen-bond donors (Lipinski definition) is 2. The number of urea groups is 1. The first-order valence-corrected chi connectivity index (χ1v) is 5.44. The van der Waals surface area contributed by atoms with E-state index in [0.717, 1.165) is 5.69 Å². The quantitative estimate of drug-likeness (QED) is 0.752. The highest BCUT2D eigenvalue weighted by atomic mass is 16.5. The van der Waals surface area contributed by atoms with Crippen molar-refractivity contribution in [3.8, 4) is 0 Å². The Kier molecular flexibility index (Phi) is 4.87. The third-order valence-electron chi connectivity index (χ3n) is 2.22. The van der Waals surface area contributed by atoms with Gasteiger partial charge in [0.25, 0.3) is 5.91 Å². The van der Waals surface area contributed by atoms with Gasteiger partial charge in [0.1, 0.15) is 0 Å². The smallest absolute Gasteiger partial charge is 0.338 e. The predicted octanol–water partition coefficient (Wildman–Crippen LogP) is 0.104. The minimum Gasteiger partial charge on any atom is -0.452 e. The van der Waals surface area contributed by atoms with E-state index in [1.165, 1.54) is 0 Å². The molecule has 0 unspecified atom stereocenters. The van der Waals surface area contributed by atoms with E-state index in [9.17, 15) is 14.4 Å². The molecule has 0 aromatic heterocycles. The fourth-order valence-corrected chi connectivity index (χ4v) is 1.28. The summed E-state index contributed by atoms with van der Waals surface area (Å²) in [5, 5.41) is 1.79. The number of carbonyl (C=O) groups is 3. The second-order valence-corrected chi connectivity index (χ2v) is 3.93. The van der Waals surface area contributed by atoms with Gasteiger partial charge in [-0.05, 0) is 24.3 Å². The number of esters is 1. The van der Waals surface area contributed by atoms with E-state index < -0.39 is 24.5 Å². The van der Waals surface area contributed by atoms with Crippen LogP contribution in [0.1, 0.15) is 10.4 Å². The molecule has 102 valence electrons. The molecule has 3 N–H and O–H groups in total. The van der Waals surface area contributed by atoms with E-state index in [1.54, 1.807) is 29.6 Å². The number of nitrogens with zero attached hydrogens (tertiary/aromatic N) is 1. The van der Waals surface area contributed by atoms with Gasteiger partial charge in [-0.25, -0.2) is 9.59 Å². The van der Waals surface area contributed by atoms with Gasteiger partial charge in [-0.2, -0.15) is 0 Å². The lowest BCUT2D eigenvalue weighted by atomic mass is 10.2. The summed E-state index contributed by atoms with van der Waals surface area (Å²) in [6.07, 6.45) is 0. The number of hydrogen-bond acceptors (Lipinski definition) is 5. The molecule has 0 aliphatic carbocycles. The summed E-state index contributed by atoms with van der Waals surface area (Å²) in [5.41, 5.74) is 5.99. The predicted molar refractivity (Wildman–Crippen MR) is 68.8 cm³/mol. The molecule has 7 nitrogen and oxygen atoms in total. The Morgan fingerprint density at radius 2 is 1.79 bits per heavy atom. The van der Waals surface area contributed by atoms with Crippen molar-refractivity contribution in [3.05, 3.63) is 29.8 Å². The largest absolute Gasteiger partial charge is 0.452 e. The molecule has 0 radical (unpaired) electrons. The molecule has 3 amide bonds. The van der Waals surface area contributed by atoms with Crippen molar-refractivity contribution >= 4 is 23.6 Å². The molecule has 7 heteroatoms. The number of anilines is 1. The zero-order valence-corrected chi connectivity index (χ0v) is 10.7. The Balaban J connectivity index is 2.54. The van der Waals surface area contributed by atoms with Gasteiger partial charge >= 0.3 is 12.0 Å². The van der Waals surface area contributed by atoms with Crippen LogP contribution >= 0.6 is 0 Å². The summed E-state index contributed by atoms with van der Waals surface area (Å²) in [6, 6.07) is 5.68. The molecular weight excluding hydrogens is 250 g/mol. The van der Waals surface area contributed by atoms with Crippen LogP contribution in [0.4, 0.5) is 10.5 Å². The van der Waals surface area contributed by atoms with Crippen molar-refractivity contribution in [2.75, 3.05) is 25.6 Å². The zero-order valence-electron chi connectivity index (χ0n) is 10.7. The zero-order chi connectivity index (χ0) is 14.4. The van der Waals surface area contributed by atoms with Crippen LogP contribution in [-0.2, 0) is 9.53 Å². The van der Waals surface area contributed by atoms with Gasteiger partial charge in [0.05, 0.1) is 5.56 Å². The van der Waals surface area contributed by atoms with Gasteiger partial charge in [0.2, 0.25) is 0 Å². The second kappa shape index (κ2) is 6.39. The van der Waals surface area contributed by atoms with E-state index in [1.807, 2.05) is 19.0 Å². The second-order valence-electron chi connectivity index (χ2n) is 3.93. The number of rotatable bonds is 4. The highest BCUT2D eigenvalue weighted by molar-refractivity contribution is 5.96. The van der Waals surface area contributed by atoms with Crippen molar-refractivity contribution in [2.45, 2.75) is 0 Å². The lowest BCUT2D eigenvalue weighted by Gasteiger charge is -2.12. The molecule has 1 rings (SSSR count). The van der Waals surface area contributed by atoms with E-state index in [4.69, 9.17) is 10.5 Å². The maximum atomic E-state index is 11.6. The number of nitrogens with two attached hydrogens (primary N) is 1. The van der Waals surface area contributed by atoms with Gasteiger partial charge in [0.15, 0.2) is 6.61 Å². The Morgan fingerprint density at radius 3 is 2.26 bits per heavy atom. The SMILES string of the molecule is CN(C)c1ccc(C(=O)OCC(=O)NC(N)=O)cc1. The van der Waals surface area contributed by atoms with Crippen LogP contribution in [0.5, 0.6) is 0 Å². The van der Waals surface area contributed by atoms with Crippen molar-refractivity contribution in [1.29, 1.82) is 0 Å². The first-order chi connectivity index (χ1) is 8.90. The van der Waals surface area contributed by atoms with Gasteiger partial charge in [0, 0.05) is 19.8 Å². The Bertz CT molecular complexity index is 482. The summed E-state index contributed by atoms with van der Waals surface area (Å²) >= 11 is 0. The lowest BCUT2D eigenvalue weighted by Crippen LogP contribution is -2.37. The highest BCUT2D eigenvalue weighted by Gasteiger charge is 2.11. The van der Waals surface area contributed by atoms with Crippen molar-refractivity contribution in [1.82, 2.24) is 5.32 Å². The van der Waals surface area contributed by atoms with Crippen LogP contribution in [0.2, 0.25) is 0 Å². The van der Waals surface area contributed by atoms with E-state index in [-0.39, 0.29) is 0 Å². The Labute approximate surface area is 110 Å². The van der Waals surface area contributed by atoms with Crippen LogP contribution in [0, 0.1) is 0 Å². The summed E-state index contributed by atoms with van der Waals surface area (Å²) in [6.45, 7) is -0.558. The molecular formula is C12H15N3O4. The topological polar surface area (TPSA) is 102 Å². The average Bonchev–Trinajstić information content (AvgIpc) is 2.35. The van der Waals surface area contributed by atoms with Gasteiger partial charge in [-0.1, -0.05) is 0 Å². The monoisotopic (exact) mass is 265 g/mol. The summed E-state index contributed by atoms with van der Waals surface area (Å²) in [7, 11) is 3.75. The highest BCUT2D eigenvalue weighted by Crippen LogP contribution is 2.12. The molecule has 0 saturated heterocycles. The van der Waals surface area contributed by atoms with Gasteiger partial charge < -0.3 is 15.4 Å². The minimum absolute atomic E-state index is 0.317. The molecule has 0 aliphatic heterocycles. The van der Waals surface area contributed by atoms with Crippen LogP contribution in [0.25, 0.3) is 0 Å². The molecule has 0 atom stereocenters. The molecule has 0 heterocycles. The van der Waals surface area contributed by atoms with Crippen LogP contribution < -0.4 is 16.0 Å². The first-order valence-electron chi connectivity index (χ1n) is 5.44. The van der Waals surface area contributed by atoms with Crippen molar-refractivity contribution in [2.24, 2.45) is 5.73 Å². The summed E-state index contributed by atoms with van der Waals surface area (Å²) in [4.78, 5) is 34.9. The van der Waals surface area contributed by atoms with E-state index in [0.29, 0.717) is 5.56 Å². The lowest BCUT2D eigenvalue weighted by molar-refractivity contribution is -0.123. The maximum Gasteiger partial charge on any atom is 0.338 e.